The van der Waals surface area contributed by atoms with E-state index in [2.05, 4.69) is 0 Å². The van der Waals surface area contributed by atoms with Crippen LogP contribution in [0.2, 0.25) is 0 Å². The highest BCUT2D eigenvalue weighted by Gasteiger charge is 2.32. The van der Waals surface area contributed by atoms with E-state index in [1.54, 1.807) is 7.11 Å². The molecular weight excluding hydrogens is 334 g/mol. The Morgan fingerprint density at radius 2 is 2.15 bits per heavy atom. The van der Waals surface area contributed by atoms with Gasteiger partial charge in [-0.2, -0.15) is 5.10 Å². The molecule has 7 heteroatoms. The first-order valence-electron chi connectivity index (χ1n) is 8.63. The van der Waals surface area contributed by atoms with Crippen LogP contribution in [0, 0.1) is 13.8 Å². The number of hydrogen-bond donors (Lipinski definition) is 0. The predicted octanol–water partition coefficient (Wildman–Crippen LogP) is 2.04. The monoisotopic (exact) mass is 359 g/mol. The second-order valence-corrected chi connectivity index (χ2v) is 6.31. The van der Waals surface area contributed by atoms with Gasteiger partial charge in [-0.3, -0.25) is 4.79 Å². The Hall–Kier alpha value is -2.38. The quantitative estimate of drug-likeness (QED) is 0.817. The number of benzene rings is 1. The van der Waals surface area contributed by atoms with Gasteiger partial charge in [-0.1, -0.05) is 6.07 Å². The number of hydrogen-bond acceptors (Lipinski definition) is 5. The van der Waals surface area contributed by atoms with Crippen LogP contribution in [0.4, 0.5) is 0 Å². The van der Waals surface area contributed by atoms with E-state index in [1.807, 2.05) is 47.7 Å². The van der Waals surface area contributed by atoms with Gasteiger partial charge in [-0.15, -0.1) is 0 Å². The van der Waals surface area contributed by atoms with Crippen molar-refractivity contribution in [2.45, 2.75) is 19.9 Å². The van der Waals surface area contributed by atoms with Crippen molar-refractivity contribution in [3.05, 3.63) is 41.2 Å². The van der Waals surface area contributed by atoms with E-state index in [4.69, 9.17) is 19.3 Å². The number of ether oxygens (including phenoxy) is 3. The Kier molecular flexibility index (Phi) is 5.58. The molecule has 0 unspecified atom stereocenters. The minimum absolute atomic E-state index is 0.0336. The first kappa shape index (κ1) is 18.4. The SMILES string of the molecule is COCC(=O)N1CCOC[C@@H]1c1c(C)nn(-c2cccc(OC)c2)c1C. The Bertz CT molecular complexity index is 787. The van der Waals surface area contributed by atoms with Gasteiger partial charge in [0.2, 0.25) is 5.91 Å². The first-order valence-corrected chi connectivity index (χ1v) is 8.63. The van der Waals surface area contributed by atoms with E-state index in [0.29, 0.717) is 19.8 Å². The summed E-state index contributed by atoms with van der Waals surface area (Å²) >= 11 is 0. The van der Waals surface area contributed by atoms with Crippen LogP contribution in [0.1, 0.15) is 23.0 Å². The normalized spacial score (nSPS) is 17.4. The van der Waals surface area contributed by atoms with Gasteiger partial charge in [0.05, 0.1) is 37.7 Å². The summed E-state index contributed by atoms with van der Waals surface area (Å²) in [5.74, 6) is 0.739. The summed E-state index contributed by atoms with van der Waals surface area (Å²) in [7, 11) is 3.18. The van der Waals surface area contributed by atoms with Crippen molar-refractivity contribution in [3.63, 3.8) is 0 Å². The van der Waals surface area contributed by atoms with Crippen molar-refractivity contribution < 1.29 is 19.0 Å². The summed E-state index contributed by atoms with van der Waals surface area (Å²) in [5, 5.41) is 4.71. The first-order chi connectivity index (χ1) is 12.6. The molecule has 1 aromatic carbocycles. The molecule has 1 aliphatic rings. The number of amides is 1. The summed E-state index contributed by atoms with van der Waals surface area (Å²) in [4.78, 5) is 14.3. The smallest absolute Gasteiger partial charge is 0.249 e. The van der Waals surface area contributed by atoms with Crippen molar-refractivity contribution >= 4 is 5.91 Å². The van der Waals surface area contributed by atoms with E-state index in [9.17, 15) is 4.79 Å². The van der Waals surface area contributed by atoms with Crippen LogP contribution in [0.5, 0.6) is 5.75 Å². The fourth-order valence-corrected chi connectivity index (χ4v) is 3.48. The highest BCUT2D eigenvalue weighted by molar-refractivity contribution is 5.78. The lowest BCUT2D eigenvalue weighted by Crippen LogP contribution is -2.45. The lowest BCUT2D eigenvalue weighted by molar-refractivity contribution is -0.144. The molecule has 1 amide bonds. The molecule has 7 nitrogen and oxygen atoms in total. The van der Waals surface area contributed by atoms with Crippen molar-refractivity contribution in [1.29, 1.82) is 0 Å². The van der Waals surface area contributed by atoms with Gasteiger partial charge in [0.25, 0.3) is 0 Å². The van der Waals surface area contributed by atoms with E-state index in [1.165, 1.54) is 7.11 Å². The highest BCUT2D eigenvalue weighted by Crippen LogP contribution is 2.31. The van der Waals surface area contributed by atoms with E-state index in [0.717, 1.165) is 28.4 Å². The van der Waals surface area contributed by atoms with Crippen LogP contribution in [0.25, 0.3) is 5.69 Å². The molecular formula is C19H25N3O4. The molecule has 2 heterocycles. The number of carbonyl (C=O) groups excluding carboxylic acids is 1. The summed E-state index contributed by atoms with van der Waals surface area (Å²) in [5.41, 5.74) is 3.82. The average molecular weight is 359 g/mol. The van der Waals surface area contributed by atoms with E-state index < -0.39 is 0 Å². The lowest BCUT2D eigenvalue weighted by atomic mass is 10.0. The fraction of sp³-hybridized carbons (Fsp3) is 0.474. The van der Waals surface area contributed by atoms with Gasteiger partial charge >= 0.3 is 0 Å². The molecule has 1 atom stereocenters. The standard InChI is InChI=1S/C19H25N3O4/c1-13-19(17-11-26-9-8-21(17)18(23)12-24-3)14(2)22(20-13)15-6-5-7-16(10-15)25-4/h5-7,10,17H,8-9,11-12H2,1-4H3/t17-/m1/s1. The van der Waals surface area contributed by atoms with Crippen LogP contribution < -0.4 is 4.74 Å². The van der Waals surface area contributed by atoms with Gasteiger partial charge in [-0.25, -0.2) is 4.68 Å². The second-order valence-electron chi connectivity index (χ2n) is 6.31. The molecule has 140 valence electrons. The second kappa shape index (κ2) is 7.88. The molecule has 1 aromatic heterocycles. The van der Waals surface area contributed by atoms with Gasteiger partial charge in [-0.05, 0) is 26.0 Å². The fourth-order valence-electron chi connectivity index (χ4n) is 3.48. The molecule has 0 saturated carbocycles. The number of nitrogens with zero attached hydrogens (tertiary/aromatic N) is 3. The van der Waals surface area contributed by atoms with Crippen LogP contribution in [-0.4, -0.2) is 61.2 Å². The Morgan fingerprint density at radius 3 is 2.88 bits per heavy atom. The topological polar surface area (TPSA) is 65.8 Å². The summed E-state index contributed by atoms with van der Waals surface area (Å²) in [6.45, 7) is 5.60. The molecule has 0 N–H and O–H groups in total. The van der Waals surface area contributed by atoms with Crippen LogP contribution in [0.3, 0.4) is 0 Å². The van der Waals surface area contributed by atoms with E-state index >= 15 is 0 Å². The molecule has 0 aliphatic carbocycles. The van der Waals surface area contributed by atoms with Crippen molar-refractivity contribution in [1.82, 2.24) is 14.7 Å². The molecule has 3 rings (SSSR count). The van der Waals surface area contributed by atoms with Gasteiger partial charge in [0.1, 0.15) is 12.4 Å². The van der Waals surface area contributed by atoms with Crippen LogP contribution >= 0.6 is 0 Å². The van der Waals surface area contributed by atoms with Gasteiger partial charge < -0.3 is 19.1 Å². The summed E-state index contributed by atoms with van der Waals surface area (Å²) in [6, 6.07) is 7.59. The summed E-state index contributed by atoms with van der Waals surface area (Å²) in [6.07, 6.45) is 0. The molecule has 0 bridgehead atoms. The number of morpholine rings is 1. The minimum Gasteiger partial charge on any atom is -0.497 e. The Balaban J connectivity index is 1.99. The van der Waals surface area contributed by atoms with Crippen molar-refractivity contribution in [2.24, 2.45) is 0 Å². The average Bonchev–Trinajstić information content (AvgIpc) is 2.96. The zero-order chi connectivity index (χ0) is 18.7. The molecule has 0 spiro atoms. The third kappa shape index (κ3) is 3.45. The van der Waals surface area contributed by atoms with Crippen molar-refractivity contribution in [3.8, 4) is 11.4 Å². The third-order valence-electron chi connectivity index (χ3n) is 4.70. The van der Waals surface area contributed by atoms with E-state index in [-0.39, 0.29) is 18.6 Å². The maximum atomic E-state index is 12.5. The zero-order valence-electron chi connectivity index (χ0n) is 15.7. The molecule has 1 fully saturated rings. The third-order valence-corrected chi connectivity index (χ3v) is 4.70. The molecule has 1 saturated heterocycles. The van der Waals surface area contributed by atoms with Gasteiger partial charge in [0.15, 0.2) is 0 Å². The highest BCUT2D eigenvalue weighted by atomic mass is 16.5. The lowest BCUT2D eigenvalue weighted by Gasteiger charge is -2.36. The molecule has 2 aromatic rings. The largest absolute Gasteiger partial charge is 0.497 e. The predicted molar refractivity (Wildman–Crippen MR) is 96.7 cm³/mol. The number of aryl methyl sites for hydroxylation is 1. The number of carbonyl (C=O) groups is 1. The molecule has 0 radical (unpaired) electrons. The maximum absolute atomic E-state index is 12.5. The van der Waals surface area contributed by atoms with Crippen molar-refractivity contribution in [2.75, 3.05) is 40.6 Å². The molecule has 1 aliphatic heterocycles. The zero-order valence-corrected chi connectivity index (χ0v) is 15.7. The van der Waals surface area contributed by atoms with Crippen LogP contribution in [-0.2, 0) is 14.3 Å². The van der Waals surface area contributed by atoms with Gasteiger partial charge in [0, 0.05) is 31.0 Å². The Labute approximate surface area is 153 Å². The molecule has 26 heavy (non-hydrogen) atoms. The Morgan fingerprint density at radius 1 is 1.35 bits per heavy atom. The minimum atomic E-state index is -0.161. The maximum Gasteiger partial charge on any atom is 0.249 e. The number of methoxy groups -OCH3 is 2. The number of rotatable bonds is 5. The number of aromatic nitrogens is 2. The summed E-state index contributed by atoms with van der Waals surface area (Å²) < 4.78 is 17.9. The van der Waals surface area contributed by atoms with Crippen LogP contribution in [0.15, 0.2) is 24.3 Å².